The molecule has 0 rings (SSSR count). The Morgan fingerprint density at radius 1 is 1.78 bits per heavy atom. The Labute approximate surface area is 53.8 Å². The van der Waals surface area contributed by atoms with E-state index < -0.39 is 12.1 Å². The van der Waals surface area contributed by atoms with E-state index in [-0.39, 0.29) is 12.3 Å². The van der Waals surface area contributed by atoms with Gasteiger partial charge in [-0.3, -0.25) is 4.79 Å². The molecule has 1 unspecified atom stereocenters. The molecule has 54 valence electrons. The Morgan fingerprint density at radius 3 is 2.33 bits per heavy atom. The summed E-state index contributed by atoms with van der Waals surface area (Å²) in [6, 6.07) is -0.623. The van der Waals surface area contributed by atoms with Crippen molar-refractivity contribution in [1.29, 1.82) is 0 Å². The van der Waals surface area contributed by atoms with Crippen molar-refractivity contribution in [2.45, 2.75) is 19.1 Å². The lowest BCUT2D eigenvalue weighted by molar-refractivity contribution is -0.125. The summed E-state index contributed by atoms with van der Waals surface area (Å²) in [5, 5.41) is 8.84. The van der Waals surface area contributed by atoms with Crippen LogP contribution in [0.2, 0.25) is 0 Å². The van der Waals surface area contributed by atoms with Crippen molar-refractivity contribution in [2.24, 2.45) is 11.5 Å². The monoisotopic (exact) mass is 132 g/mol. The smallest absolute Gasteiger partial charge is 0.159 e. The molecule has 0 aromatic carbocycles. The number of carbonyl (C=O) groups is 1. The third-order valence-corrected chi connectivity index (χ3v) is 1.09. The predicted octanol–water partition coefficient (Wildman–Crippen LogP) is -1.78. The van der Waals surface area contributed by atoms with Crippen molar-refractivity contribution in [2.75, 3.05) is 6.54 Å². The van der Waals surface area contributed by atoms with E-state index in [0.717, 1.165) is 0 Å². The maximum Gasteiger partial charge on any atom is 0.159 e. The normalized spacial score (nSPS) is 16.9. The van der Waals surface area contributed by atoms with E-state index in [2.05, 4.69) is 0 Å². The Morgan fingerprint density at radius 2 is 2.22 bits per heavy atom. The van der Waals surface area contributed by atoms with Crippen LogP contribution in [0.5, 0.6) is 0 Å². The molecule has 4 nitrogen and oxygen atoms in total. The van der Waals surface area contributed by atoms with Gasteiger partial charge in [-0.05, 0) is 6.92 Å². The molecular formula is C5H12N2O2. The standard InChI is InChI=1S/C5H12N2O2/c1-3(8)5(9)4(7)2-6/h4-5,9H,2,6-7H2,1H3/t4?,5-/m1/s1. The molecule has 0 aromatic heterocycles. The minimum Gasteiger partial charge on any atom is -0.384 e. The van der Waals surface area contributed by atoms with Crippen LogP contribution in [0.3, 0.4) is 0 Å². The van der Waals surface area contributed by atoms with Crippen LogP contribution in [-0.4, -0.2) is 29.6 Å². The van der Waals surface area contributed by atoms with Crippen molar-refractivity contribution >= 4 is 5.78 Å². The summed E-state index contributed by atoms with van der Waals surface area (Å²) in [5.41, 5.74) is 10.3. The fourth-order valence-electron chi connectivity index (χ4n) is 0.430. The summed E-state index contributed by atoms with van der Waals surface area (Å²) in [6.07, 6.45) is -1.10. The van der Waals surface area contributed by atoms with E-state index >= 15 is 0 Å². The molecule has 0 heterocycles. The van der Waals surface area contributed by atoms with Crippen LogP contribution in [-0.2, 0) is 4.79 Å². The van der Waals surface area contributed by atoms with Crippen LogP contribution in [0.25, 0.3) is 0 Å². The zero-order valence-corrected chi connectivity index (χ0v) is 5.37. The Kier molecular flexibility index (Phi) is 3.37. The molecule has 4 heteroatoms. The highest BCUT2D eigenvalue weighted by Crippen LogP contribution is 1.88. The molecule has 0 aliphatic heterocycles. The highest BCUT2D eigenvalue weighted by atomic mass is 16.3. The van der Waals surface area contributed by atoms with Crippen LogP contribution >= 0.6 is 0 Å². The van der Waals surface area contributed by atoms with Gasteiger partial charge in [-0.25, -0.2) is 0 Å². The van der Waals surface area contributed by atoms with Gasteiger partial charge in [-0.2, -0.15) is 0 Å². The third-order valence-electron chi connectivity index (χ3n) is 1.09. The molecule has 2 atom stereocenters. The van der Waals surface area contributed by atoms with Gasteiger partial charge in [0.25, 0.3) is 0 Å². The number of Topliss-reactive ketones (excluding diaryl/α,β-unsaturated/α-hetero) is 1. The van der Waals surface area contributed by atoms with Crippen molar-refractivity contribution in [1.82, 2.24) is 0 Å². The van der Waals surface area contributed by atoms with Crippen LogP contribution in [0, 0.1) is 0 Å². The maximum atomic E-state index is 10.4. The number of hydrogen-bond acceptors (Lipinski definition) is 4. The molecule has 0 saturated carbocycles. The summed E-state index contributed by atoms with van der Waals surface area (Å²) < 4.78 is 0. The second kappa shape index (κ2) is 3.55. The number of rotatable bonds is 3. The molecular weight excluding hydrogens is 120 g/mol. The molecule has 0 aromatic rings. The molecule has 0 fully saturated rings. The van der Waals surface area contributed by atoms with E-state index in [9.17, 15) is 4.79 Å². The molecule has 0 amide bonds. The summed E-state index contributed by atoms with van der Waals surface area (Å²) in [5.74, 6) is -0.340. The second-order valence-corrected chi connectivity index (χ2v) is 1.96. The van der Waals surface area contributed by atoms with Gasteiger partial charge in [0, 0.05) is 12.6 Å². The van der Waals surface area contributed by atoms with E-state index in [1.165, 1.54) is 6.92 Å². The summed E-state index contributed by atoms with van der Waals surface area (Å²) in [6.45, 7) is 1.40. The maximum absolute atomic E-state index is 10.4. The van der Waals surface area contributed by atoms with Gasteiger partial charge in [0.05, 0.1) is 0 Å². The van der Waals surface area contributed by atoms with Crippen molar-refractivity contribution < 1.29 is 9.90 Å². The number of hydrogen-bond donors (Lipinski definition) is 3. The lowest BCUT2D eigenvalue weighted by atomic mass is 10.1. The zero-order valence-electron chi connectivity index (χ0n) is 5.37. The molecule has 0 aliphatic rings. The van der Waals surface area contributed by atoms with Crippen molar-refractivity contribution in [3.63, 3.8) is 0 Å². The number of aliphatic hydroxyl groups is 1. The summed E-state index contributed by atoms with van der Waals surface area (Å²) >= 11 is 0. The molecule has 0 radical (unpaired) electrons. The first-order valence-corrected chi connectivity index (χ1v) is 2.73. The fourth-order valence-corrected chi connectivity index (χ4v) is 0.430. The fraction of sp³-hybridized carbons (Fsp3) is 0.800. The number of aliphatic hydroxyl groups excluding tert-OH is 1. The molecule has 0 spiro atoms. The van der Waals surface area contributed by atoms with Gasteiger partial charge in [0.2, 0.25) is 0 Å². The average molecular weight is 132 g/mol. The summed E-state index contributed by atoms with van der Waals surface area (Å²) in [4.78, 5) is 10.4. The molecule has 0 saturated heterocycles. The molecule has 0 aliphatic carbocycles. The predicted molar refractivity (Wildman–Crippen MR) is 33.7 cm³/mol. The number of nitrogens with two attached hydrogens (primary N) is 2. The summed E-state index contributed by atoms with van der Waals surface area (Å²) in [7, 11) is 0. The quantitative estimate of drug-likeness (QED) is 0.423. The Balaban J connectivity index is 3.72. The minimum absolute atomic E-state index is 0.126. The first-order valence-electron chi connectivity index (χ1n) is 2.73. The van der Waals surface area contributed by atoms with Gasteiger partial charge < -0.3 is 16.6 Å². The molecule has 5 N–H and O–H groups in total. The van der Waals surface area contributed by atoms with E-state index in [1.807, 2.05) is 0 Å². The molecule has 9 heavy (non-hydrogen) atoms. The first-order chi connectivity index (χ1) is 4.09. The number of carbonyl (C=O) groups excluding carboxylic acids is 1. The van der Waals surface area contributed by atoms with Crippen molar-refractivity contribution in [3.8, 4) is 0 Å². The lowest BCUT2D eigenvalue weighted by Gasteiger charge is -2.12. The Hall–Kier alpha value is -0.450. The van der Waals surface area contributed by atoms with Crippen LogP contribution in [0.15, 0.2) is 0 Å². The van der Waals surface area contributed by atoms with Crippen LogP contribution in [0.1, 0.15) is 6.92 Å². The van der Waals surface area contributed by atoms with Gasteiger partial charge >= 0.3 is 0 Å². The van der Waals surface area contributed by atoms with Gasteiger partial charge in [-0.15, -0.1) is 0 Å². The largest absolute Gasteiger partial charge is 0.384 e. The average Bonchev–Trinajstić information content (AvgIpc) is 1.84. The highest BCUT2D eigenvalue weighted by Gasteiger charge is 2.16. The van der Waals surface area contributed by atoms with Crippen LogP contribution in [0.4, 0.5) is 0 Å². The van der Waals surface area contributed by atoms with Gasteiger partial charge in [-0.1, -0.05) is 0 Å². The SMILES string of the molecule is CC(=O)[C@@H](O)C(N)CN. The first kappa shape index (κ1) is 8.55. The zero-order chi connectivity index (χ0) is 7.44. The Bertz CT molecular complexity index is 105. The molecule has 0 bridgehead atoms. The van der Waals surface area contributed by atoms with Crippen molar-refractivity contribution in [3.05, 3.63) is 0 Å². The second-order valence-electron chi connectivity index (χ2n) is 1.96. The van der Waals surface area contributed by atoms with Gasteiger partial charge in [0.15, 0.2) is 5.78 Å². The third kappa shape index (κ3) is 2.55. The topological polar surface area (TPSA) is 89.3 Å². The van der Waals surface area contributed by atoms with E-state index in [4.69, 9.17) is 16.6 Å². The van der Waals surface area contributed by atoms with Crippen LogP contribution < -0.4 is 11.5 Å². The number of ketones is 1. The van der Waals surface area contributed by atoms with Gasteiger partial charge in [0.1, 0.15) is 6.10 Å². The van der Waals surface area contributed by atoms with E-state index in [1.54, 1.807) is 0 Å². The van der Waals surface area contributed by atoms with E-state index in [0.29, 0.717) is 0 Å². The minimum atomic E-state index is -1.10. The highest BCUT2D eigenvalue weighted by molar-refractivity contribution is 5.80. The lowest BCUT2D eigenvalue weighted by Crippen LogP contribution is -2.44.